The van der Waals surface area contributed by atoms with Gasteiger partial charge in [-0.25, -0.2) is 4.79 Å². The number of aliphatic hydroxyl groups excluding tert-OH is 1. The number of cyclic esters (lactones) is 1. The van der Waals surface area contributed by atoms with Gasteiger partial charge in [0.15, 0.2) is 6.10 Å². The fraction of sp³-hybridized carbons (Fsp3) is 0.500. The molecule has 22 heavy (non-hydrogen) atoms. The molecule has 3 aliphatic rings. The lowest BCUT2D eigenvalue weighted by Crippen LogP contribution is -2.28. The maximum Gasteiger partial charge on any atom is 0.407 e. The number of aliphatic hydroxyl groups is 1. The Morgan fingerprint density at radius 3 is 2.50 bits per heavy atom. The molecule has 2 aliphatic carbocycles. The summed E-state index contributed by atoms with van der Waals surface area (Å²) in [5, 5.41) is 13.6. The van der Waals surface area contributed by atoms with Gasteiger partial charge in [0.25, 0.3) is 0 Å². The molecular formula is C16H21NO5. The van der Waals surface area contributed by atoms with E-state index in [4.69, 9.17) is 14.6 Å². The van der Waals surface area contributed by atoms with Gasteiger partial charge in [-0.2, -0.15) is 0 Å². The molecule has 0 spiro atoms. The Bertz CT molecular complexity index is 662. The molecule has 0 aromatic carbocycles. The van der Waals surface area contributed by atoms with Crippen LogP contribution in [0.5, 0.6) is 0 Å². The van der Waals surface area contributed by atoms with Gasteiger partial charge in [-0.3, -0.25) is 4.79 Å². The van der Waals surface area contributed by atoms with Gasteiger partial charge < -0.3 is 19.9 Å². The van der Waals surface area contributed by atoms with Crippen LogP contribution in [0.1, 0.15) is 26.3 Å². The van der Waals surface area contributed by atoms with Gasteiger partial charge >= 0.3 is 12.1 Å². The molecule has 1 fully saturated rings. The fourth-order valence-electron chi connectivity index (χ4n) is 1.91. The van der Waals surface area contributed by atoms with E-state index >= 15 is 0 Å². The van der Waals surface area contributed by atoms with Gasteiger partial charge in [-0.1, -0.05) is 12.1 Å². The van der Waals surface area contributed by atoms with E-state index < -0.39 is 11.5 Å². The summed E-state index contributed by atoms with van der Waals surface area (Å²) in [4.78, 5) is 21.9. The number of amides is 1. The van der Waals surface area contributed by atoms with Gasteiger partial charge in [0.2, 0.25) is 0 Å². The molecular weight excluding hydrogens is 286 g/mol. The second-order valence-corrected chi connectivity index (χ2v) is 6.29. The van der Waals surface area contributed by atoms with Crippen LogP contribution < -0.4 is 5.32 Å². The number of ether oxygens (including phenoxy) is 2. The number of hydrogen-bond donors (Lipinski definition) is 2. The third kappa shape index (κ3) is 3.76. The molecule has 0 bridgehead atoms. The van der Waals surface area contributed by atoms with E-state index in [1.54, 1.807) is 20.8 Å². The van der Waals surface area contributed by atoms with E-state index in [0.29, 0.717) is 6.54 Å². The number of benzene rings is 1. The smallest absolute Gasteiger partial charge is 0.407 e. The number of carbonyl (C=O) groups is 2. The number of alkyl carbamates (subject to hydrolysis) is 1. The molecule has 1 unspecified atom stereocenters. The molecule has 1 amide bonds. The van der Waals surface area contributed by atoms with E-state index in [-0.39, 0.29) is 25.3 Å². The van der Waals surface area contributed by atoms with Crippen molar-refractivity contribution in [1.29, 1.82) is 0 Å². The first-order valence-electron chi connectivity index (χ1n) is 7.17. The number of carbonyl (C=O) groups excluding carboxylic acids is 2. The third-order valence-electron chi connectivity index (χ3n) is 3.35. The highest BCUT2D eigenvalue weighted by Gasteiger charge is 2.27. The molecule has 0 radical (unpaired) electrons. The largest absolute Gasteiger partial charge is 0.461 e. The zero-order chi connectivity index (χ0) is 16.3. The summed E-state index contributed by atoms with van der Waals surface area (Å²) in [5.74, 6) is -0.291. The quantitative estimate of drug-likeness (QED) is 0.839. The molecule has 1 heterocycles. The number of hydrogen-bond acceptors (Lipinski definition) is 5. The van der Waals surface area contributed by atoms with Crippen LogP contribution in [0.4, 0.5) is 4.79 Å². The van der Waals surface area contributed by atoms with Crippen molar-refractivity contribution in [2.75, 3.05) is 13.2 Å². The van der Waals surface area contributed by atoms with E-state index in [1.807, 2.05) is 12.1 Å². The molecule has 6 nitrogen and oxygen atoms in total. The van der Waals surface area contributed by atoms with Crippen molar-refractivity contribution in [2.24, 2.45) is 5.41 Å². The first-order valence-corrected chi connectivity index (χ1v) is 7.17. The van der Waals surface area contributed by atoms with Crippen LogP contribution in [-0.4, -0.2) is 36.4 Å². The molecule has 0 saturated carbocycles. The number of esters is 1. The van der Waals surface area contributed by atoms with Gasteiger partial charge in [0, 0.05) is 0 Å². The Balaban J connectivity index is 0.000000183. The van der Waals surface area contributed by atoms with Crippen molar-refractivity contribution in [3.63, 3.8) is 0 Å². The lowest BCUT2D eigenvalue weighted by molar-refractivity contribution is -0.155. The number of rotatable bonds is 3. The molecule has 3 rings (SSSR count). The van der Waals surface area contributed by atoms with Crippen molar-refractivity contribution in [1.82, 2.24) is 5.32 Å². The Hall–Kier alpha value is -2.08. The summed E-state index contributed by atoms with van der Waals surface area (Å²) in [6, 6.07) is 6.09. The number of nitrogens with one attached hydrogen (secondary N) is 1. The summed E-state index contributed by atoms with van der Waals surface area (Å²) >= 11 is 0. The highest BCUT2D eigenvalue weighted by atomic mass is 16.6. The van der Waals surface area contributed by atoms with Crippen LogP contribution in [-0.2, 0) is 20.9 Å². The first-order chi connectivity index (χ1) is 10.3. The maximum absolute atomic E-state index is 11.3. The SMILES string of the molecule is CC(C)(C)C(=O)OCC1CNC(=O)O1.OCc1cc2ccc1=2. The van der Waals surface area contributed by atoms with Crippen LogP contribution in [0.25, 0.3) is 0 Å². The normalized spacial score (nSPS) is 17.8. The molecule has 0 aromatic heterocycles. The molecule has 1 atom stereocenters. The van der Waals surface area contributed by atoms with Crippen LogP contribution in [0.3, 0.4) is 0 Å². The van der Waals surface area contributed by atoms with Crippen molar-refractivity contribution < 1.29 is 24.2 Å². The average Bonchev–Trinajstić information content (AvgIpc) is 2.84. The molecule has 2 N–H and O–H groups in total. The fourth-order valence-corrected chi connectivity index (χ4v) is 1.91. The van der Waals surface area contributed by atoms with Crippen molar-refractivity contribution in [2.45, 2.75) is 33.5 Å². The summed E-state index contributed by atoms with van der Waals surface area (Å²) in [6.07, 6.45) is -0.810. The summed E-state index contributed by atoms with van der Waals surface area (Å²) < 4.78 is 9.78. The Morgan fingerprint density at radius 2 is 2.18 bits per heavy atom. The lowest BCUT2D eigenvalue weighted by Gasteiger charge is -2.17. The zero-order valence-electron chi connectivity index (χ0n) is 13.0. The minimum atomic E-state index is -0.518. The topological polar surface area (TPSA) is 84.9 Å². The maximum atomic E-state index is 11.3. The highest BCUT2D eigenvalue weighted by molar-refractivity contribution is 5.75. The van der Waals surface area contributed by atoms with E-state index in [1.165, 1.54) is 10.4 Å². The Morgan fingerprint density at radius 1 is 1.45 bits per heavy atom. The van der Waals surface area contributed by atoms with Gasteiger partial charge in [-0.05, 0) is 42.8 Å². The van der Waals surface area contributed by atoms with Crippen molar-refractivity contribution >= 4 is 12.1 Å². The Labute approximate surface area is 128 Å². The third-order valence-corrected chi connectivity index (χ3v) is 3.35. The van der Waals surface area contributed by atoms with Crippen molar-refractivity contribution in [3.05, 3.63) is 34.2 Å². The standard InChI is InChI=1S/C9H15NO4.C7H6O/c1-9(2,3)7(11)13-5-6-4-10-8(12)14-6;8-4-6-3-5-1-2-7(5)6/h6H,4-5H2,1-3H3,(H,10,12);1-3,8H,4H2. The zero-order valence-corrected chi connectivity index (χ0v) is 13.0. The summed E-state index contributed by atoms with van der Waals surface area (Å²) in [5.41, 5.74) is 0.568. The summed E-state index contributed by atoms with van der Waals surface area (Å²) in [6.45, 7) is 6.03. The second kappa shape index (κ2) is 6.36. The van der Waals surface area contributed by atoms with Crippen molar-refractivity contribution in [3.8, 4) is 0 Å². The molecule has 1 saturated heterocycles. The average molecular weight is 307 g/mol. The van der Waals surface area contributed by atoms with Crippen LogP contribution in [0.15, 0.2) is 18.2 Å². The van der Waals surface area contributed by atoms with Gasteiger partial charge in [0.05, 0.1) is 18.6 Å². The highest BCUT2D eigenvalue weighted by Crippen LogP contribution is 2.16. The van der Waals surface area contributed by atoms with Crippen LogP contribution in [0.2, 0.25) is 0 Å². The van der Waals surface area contributed by atoms with E-state index in [0.717, 1.165) is 5.56 Å². The molecule has 0 aromatic rings. The predicted octanol–water partition coefficient (Wildman–Crippen LogP) is 1.46. The Kier molecular flexibility index (Phi) is 4.71. The molecule has 1 aliphatic heterocycles. The first kappa shape index (κ1) is 16.3. The monoisotopic (exact) mass is 307 g/mol. The lowest BCUT2D eigenvalue weighted by atomic mass is 9.97. The molecule has 120 valence electrons. The van der Waals surface area contributed by atoms with Crippen LogP contribution >= 0.6 is 0 Å². The van der Waals surface area contributed by atoms with E-state index in [9.17, 15) is 9.59 Å². The predicted molar refractivity (Wildman–Crippen MR) is 78.7 cm³/mol. The minimum Gasteiger partial charge on any atom is -0.461 e. The summed E-state index contributed by atoms with van der Waals surface area (Å²) in [7, 11) is 0. The molecule has 6 heteroatoms. The van der Waals surface area contributed by atoms with E-state index in [2.05, 4.69) is 11.4 Å². The van der Waals surface area contributed by atoms with Crippen LogP contribution in [0, 0.1) is 15.9 Å². The van der Waals surface area contributed by atoms with Gasteiger partial charge in [0.1, 0.15) is 6.61 Å². The minimum absolute atomic E-state index is 0.120. The van der Waals surface area contributed by atoms with Gasteiger partial charge in [-0.15, -0.1) is 0 Å². The second-order valence-electron chi connectivity index (χ2n) is 6.29.